The molecule has 2 heteroatoms. The fourth-order valence-electron chi connectivity index (χ4n) is 2.05. The molecular weight excluding hydrogens is 208 g/mol. The van der Waals surface area contributed by atoms with Crippen LogP contribution in [0.3, 0.4) is 0 Å². The van der Waals surface area contributed by atoms with E-state index in [1.807, 2.05) is 0 Å². The highest BCUT2D eigenvalue weighted by Gasteiger charge is 2.12. The van der Waals surface area contributed by atoms with Crippen molar-refractivity contribution in [2.24, 2.45) is 5.92 Å². The molecule has 0 spiro atoms. The monoisotopic (exact) mass is 232 g/mol. The zero-order valence-electron chi connectivity index (χ0n) is 9.46. The highest BCUT2D eigenvalue weighted by Crippen LogP contribution is 2.27. The summed E-state index contributed by atoms with van der Waals surface area (Å²) < 4.78 is 0. The van der Waals surface area contributed by atoms with Gasteiger partial charge in [0.25, 0.3) is 0 Å². The molecule has 0 nitrogen and oxygen atoms in total. The minimum absolute atomic E-state index is 1.08. The van der Waals surface area contributed by atoms with Gasteiger partial charge in [0.15, 0.2) is 0 Å². The van der Waals surface area contributed by atoms with Gasteiger partial charge in [0, 0.05) is 5.08 Å². The highest BCUT2D eigenvalue weighted by molar-refractivity contribution is 8.15. The summed E-state index contributed by atoms with van der Waals surface area (Å²) in [6.45, 7) is 2.26. The zero-order valence-corrected chi connectivity index (χ0v) is 11.1. The number of hydrogen-bond donors (Lipinski definition) is 0. The smallest absolute Gasteiger partial charge is 0.0392 e. The van der Waals surface area contributed by atoms with Crippen LogP contribution in [0.15, 0.2) is 0 Å². The molecule has 0 aromatic carbocycles. The second kappa shape index (κ2) is 8.96. The third kappa shape index (κ3) is 6.23. The van der Waals surface area contributed by atoms with E-state index in [4.69, 9.17) is 0 Å². The third-order valence-corrected chi connectivity index (χ3v) is 5.46. The molecule has 1 saturated carbocycles. The molecule has 0 N–H and O–H groups in total. The van der Waals surface area contributed by atoms with E-state index in [9.17, 15) is 0 Å². The van der Waals surface area contributed by atoms with Crippen LogP contribution in [0.5, 0.6) is 0 Å². The molecule has 14 heavy (non-hydrogen) atoms. The van der Waals surface area contributed by atoms with E-state index in [0.717, 1.165) is 5.92 Å². The first-order chi connectivity index (χ1) is 6.93. The minimum atomic E-state index is 1.08. The van der Waals surface area contributed by atoms with Crippen LogP contribution in [0.1, 0.15) is 51.9 Å². The second-order valence-corrected chi connectivity index (χ2v) is 6.80. The van der Waals surface area contributed by atoms with Gasteiger partial charge in [-0.25, -0.2) is 0 Å². The van der Waals surface area contributed by atoms with Crippen LogP contribution in [0.2, 0.25) is 0 Å². The lowest BCUT2D eigenvalue weighted by Crippen LogP contribution is -2.06. The Morgan fingerprint density at radius 2 is 1.71 bits per heavy atom. The maximum Gasteiger partial charge on any atom is 0.0392 e. The van der Waals surface area contributed by atoms with Crippen LogP contribution in [0.25, 0.3) is 0 Å². The quantitative estimate of drug-likeness (QED) is 0.457. The Kier molecular flexibility index (Phi) is 8.18. The van der Waals surface area contributed by atoms with Gasteiger partial charge in [-0.2, -0.15) is 23.5 Å². The van der Waals surface area contributed by atoms with Gasteiger partial charge >= 0.3 is 0 Å². The van der Waals surface area contributed by atoms with Gasteiger partial charge in [-0.05, 0) is 30.3 Å². The summed E-state index contributed by atoms with van der Waals surface area (Å²) in [6, 6.07) is 0. The van der Waals surface area contributed by atoms with Crippen LogP contribution < -0.4 is 0 Å². The molecule has 0 heterocycles. The van der Waals surface area contributed by atoms with E-state index in [2.05, 4.69) is 30.4 Å². The van der Waals surface area contributed by atoms with E-state index in [1.165, 1.54) is 61.5 Å². The molecule has 0 saturated heterocycles. The van der Waals surface area contributed by atoms with Crippen molar-refractivity contribution in [3.05, 3.63) is 0 Å². The Hall–Kier alpha value is 0.700. The van der Waals surface area contributed by atoms with Gasteiger partial charge in [0.05, 0.1) is 0 Å². The van der Waals surface area contributed by atoms with Crippen LogP contribution in [0.4, 0.5) is 0 Å². The molecule has 1 fully saturated rings. The number of thioether (sulfide) groups is 2. The molecule has 0 radical (unpaired) electrons. The normalized spacial score (nSPS) is 18.6. The Morgan fingerprint density at radius 1 is 1.00 bits per heavy atom. The summed E-state index contributed by atoms with van der Waals surface area (Å²) in [4.78, 5) is 0. The maximum absolute atomic E-state index is 2.26. The van der Waals surface area contributed by atoms with Crippen molar-refractivity contribution in [2.45, 2.75) is 51.9 Å². The fourth-order valence-corrected chi connectivity index (χ4v) is 4.25. The molecule has 0 aliphatic heterocycles. The molecule has 0 aromatic heterocycles. The summed E-state index contributed by atoms with van der Waals surface area (Å²) in [7, 11) is 0. The minimum Gasteiger partial charge on any atom is -0.151 e. The molecule has 1 aliphatic rings. The highest BCUT2D eigenvalue weighted by atomic mass is 32.2. The van der Waals surface area contributed by atoms with Gasteiger partial charge < -0.3 is 0 Å². The first kappa shape index (κ1) is 12.8. The molecule has 0 amide bonds. The molecule has 0 bridgehead atoms. The Balaban J connectivity index is 1.82. The summed E-state index contributed by atoms with van der Waals surface area (Å²) in [6.07, 6.45) is 10.3. The second-order valence-electron chi connectivity index (χ2n) is 4.23. The molecule has 84 valence electrons. The van der Waals surface area contributed by atoms with Gasteiger partial charge in [-0.3, -0.25) is 0 Å². The Morgan fingerprint density at radius 3 is 2.43 bits per heavy atom. The van der Waals surface area contributed by atoms with Crippen LogP contribution >= 0.6 is 23.5 Å². The van der Waals surface area contributed by atoms with Crippen molar-refractivity contribution in [1.29, 1.82) is 0 Å². The molecule has 0 aromatic rings. The van der Waals surface area contributed by atoms with E-state index in [-0.39, 0.29) is 0 Å². The van der Waals surface area contributed by atoms with Gasteiger partial charge in [0.2, 0.25) is 0 Å². The predicted octanol–water partition coefficient (Wildman–Crippen LogP) is 4.79. The van der Waals surface area contributed by atoms with Crippen LogP contribution in [0, 0.1) is 5.92 Å². The van der Waals surface area contributed by atoms with Crippen LogP contribution in [-0.4, -0.2) is 16.6 Å². The van der Waals surface area contributed by atoms with E-state index >= 15 is 0 Å². The molecule has 1 rings (SSSR count). The Bertz CT molecular complexity index is 119. The summed E-state index contributed by atoms with van der Waals surface area (Å²) in [5.41, 5.74) is 0. The van der Waals surface area contributed by atoms with Crippen molar-refractivity contribution in [3.8, 4) is 0 Å². The lowest BCUT2D eigenvalue weighted by molar-refractivity contribution is 0.351. The summed E-state index contributed by atoms with van der Waals surface area (Å²) >= 11 is 4.25. The molecule has 0 atom stereocenters. The lowest BCUT2D eigenvalue weighted by Gasteiger charge is -2.20. The van der Waals surface area contributed by atoms with Crippen molar-refractivity contribution in [3.63, 3.8) is 0 Å². The fraction of sp³-hybridized carbons (Fsp3) is 1.00. The molecule has 0 unspecified atom stereocenters. The van der Waals surface area contributed by atoms with Gasteiger partial charge in [0.1, 0.15) is 0 Å². The average molecular weight is 232 g/mol. The van der Waals surface area contributed by atoms with Crippen molar-refractivity contribution >= 4 is 23.5 Å². The number of rotatable bonds is 7. The first-order valence-corrected chi connectivity index (χ1v) is 8.40. The molecular formula is C12H24S2. The Labute approximate surface area is 98.0 Å². The average Bonchev–Trinajstić information content (AvgIpc) is 2.25. The maximum atomic E-state index is 2.26. The van der Waals surface area contributed by atoms with Gasteiger partial charge in [-0.1, -0.05) is 39.0 Å². The predicted molar refractivity (Wildman–Crippen MR) is 71.3 cm³/mol. The standard InChI is InChI=1S/C12H24S2/c1-2-9-13-11-14-10-8-12-6-4-3-5-7-12/h12H,2-11H2,1H3. The van der Waals surface area contributed by atoms with Crippen molar-refractivity contribution in [1.82, 2.24) is 0 Å². The summed E-state index contributed by atoms with van der Waals surface area (Å²) in [5, 5.41) is 1.32. The van der Waals surface area contributed by atoms with Crippen molar-refractivity contribution in [2.75, 3.05) is 16.6 Å². The van der Waals surface area contributed by atoms with Gasteiger partial charge in [-0.15, -0.1) is 0 Å². The third-order valence-electron chi connectivity index (χ3n) is 2.91. The van der Waals surface area contributed by atoms with E-state index in [0.29, 0.717) is 0 Å². The first-order valence-electron chi connectivity index (χ1n) is 6.09. The van der Waals surface area contributed by atoms with E-state index < -0.39 is 0 Å². The lowest BCUT2D eigenvalue weighted by atomic mass is 9.88. The zero-order chi connectivity index (χ0) is 10.1. The number of hydrogen-bond acceptors (Lipinski definition) is 2. The largest absolute Gasteiger partial charge is 0.151 e. The van der Waals surface area contributed by atoms with E-state index in [1.54, 1.807) is 0 Å². The van der Waals surface area contributed by atoms with Crippen LogP contribution in [-0.2, 0) is 0 Å². The van der Waals surface area contributed by atoms with Crippen molar-refractivity contribution < 1.29 is 0 Å². The topological polar surface area (TPSA) is 0 Å². The SMILES string of the molecule is CCCSCSCCC1CCCCC1. The summed E-state index contributed by atoms with van der Waals surface area (Å²) in [5.74, 6) is 3.82. The molecule has 1 aliphatic carbocycles.